The molecular weight excluding hydrogens is 376 g/mol. The molecule has 0 fully saturated rings. The summed E-state index contributed by atoms with van der Waals surface area (Å²) < 4.78 is 17.3. The van der Waals surface area contributed by atoms with Crippen molar-refractivity contribution >= 4 is 31.9 Å². The molecule has 0 radical (unpaired) electrons. The van der Waals surface area contributed by atoms with Gasteiger partial charge in [0.25, 0.3) is 0 Å². The Morgan fingerprint density at radius 3 is 2.58 bits per heavy atom. The number of hydrogen-bond acceptors (Lipinski definition) is 3. The van der Waals surface area contributed by atoms with Crippen LogP contribution >= 0.6 is 31.9 Å². The largest absolute Gasteiger partial charge is 0.385 e. The maximum Gasteiger partial charge on any atom is 0.0933 e. The minimum Gasteiger partial charge on any atom is -0.385 e. The third-order valence-corrected chi connectivity index (χ3v) is 3.89. The molecule has 0 aliphatic carbocycles. The molecular formula is C14H20Br2O3. The molecule has 1 aromatic rings. The Labute approximate surface area is 131 Å². The van der Waals surface area contributed by atoms with Gasteiger partial charge >= 0.3 is 0 Å². The number of halogens is 2. The number of methoxy groups -OCH3 is 1. The fraction of sp³-hybridized carbons (Fsp3) is 0.571. The number of hydrogen-bond donors (Lipinski definition) is 0. The van der Waals surface area contributed by atoms with Crippen LogP contribution < -0.4 is 0 Å². The summed E-state index contributed by atoms with van der Waals surface area (Å²) in [4.78, 5) is 0. The third kappa shape index (κ3) is 6.86. The highest BCUT2D eigenvalue weighted by atomic mass is 79.9. The molecule has 1 unspecified atom stereocenters. The van der Waals surface area contributed by atoms with E-state index in [0.717, 1.165) is 28.4 Å². The van der Waals surface area contributed by atoms with Gasteiger partial charge in [-0.2, -0.15) is 0 Å². The highest BCUT2D eigenvalue weighted by molar-refractivity contribution is 9.10. The van der Waals surface area contributed by atoms with Crippen LogP contribution in [0, 0.1) is 0 Å². The van der Waals surface area contributed by atoms with Crippen molar-refractivity contribution in [2.75, 3.05) is 38.9 Å². The molecule has 0 aromatic heterocycles. The average molecular weight is 396 g/mol. The van der Waals surface area contributed by atoms with Gasteiger partial charge in [0.1, 0.15) is 0 Å². The summed E-state index contributed by atoms with van der Waals surface area (Å²) in [7, 11) is 1.70. The van der Waals surface area contributed by atoms with Crippen LogP contribution in [0.15, 0.2) is 28.7 Å². The first-order valence-electron chi connectivity index (χ1n) is 6.28. The number of benzene rings is 1. The van der Waals surface area contributed by atoms with E-state index >= 15 is 0 Å². The van der Waals surface area contributed by atoms with Crippen LogP contribution in [0.1, 0.15) is 18.1 Å². The lowest BCUT2D eigenvalue weighted by Gasteiger charge is -2.17. The fourth-order valence-electron chi connectivity index (χ4n) is 1.61. The van der Waals surface area contributed by atoms with Crippen LogP contribution in [0.3, 0.4) is 0 Å². The monoisotopic (exact) mass is 394 g/mol. The first kappa shape index (κ1) is 17.1. The van der Waals surface area contributed by atoms with Crippen LogP contribution in [0.4, 0.5) is 0 Å². The van der Waals surface area contributed by atoms with Gasteiger partial charge in [0.15, 0.2) is 0 Å². The van der Waals surface area contributed by atoms with Crippen molar-refractivity contribution in [1.29, 1.82) is 0 Å². The molecule has 19 heavy (non-hydrogen) atoms. The summed E-state index contributed by atoms with van der Waals surface area (Å²) in [5.74, 6) is 0. The predicted molar refractivity (Wildman–Crippen MR) is 83.9 cm³/mol. The Hall–Kier alpha value is 0.0600. The van der Waals surface area contributed by atoms with E-state index in [1.165, 1.54) is 0 Å². The van der Waals surface area contributed by atoms with E-state index in [1.807, 2.05) is 18.2 Å². The second-order valence-electron chi connectivity index (χ2n) is 3.99. The zero-order valence-corrected chi connectivity index (χ0v) is 14.3. The van der Waals surface area contributed by atoms with Gasteiger partial charge in [0.05, 0.1) is 19.3 Å². The number of alkyl halides is 1. The number of rotatable bonds is 10. The predicted octanol–water partition coefficient (Wildman–Crippen LogP) is 3.95. The zero-order chi connectivity index (χ0) is 13.9. The van der Waals surface area contributed by atoms with Gasteiger partial charge < -0.3 is 14.2 Å². The molecule has 1 atom stereocenters. The van der Waals surface area contributed by atoms with Gasteiger partial charge in [0.2, 0.25) is 0 Å². The van der Waals surface area contributed by atoms with Crippen LogP contribution in [0.25, 0.3) is 0 Å². The molecule has 3 nitrogen and oxygen atoms in total. The van der Waals surface area contributed by atoms with Gasteiger partial charge in [-0.1, -0.05) is 50.1 Å². The molecule has 0 saturated carbocycles. The summed E-state index contributed by atoms with van der Waals surface area (Å²) in [6, 6.07) is 8.10. The van der Waals surface area contributed by atoms with E-state index in [2.05, 4.69) is 37.9 Å². The summed E-state index contributed by atoms with van der Waals surface area (Å²) in [6.07, 6.45) is 0.959. The first-order valence-corrected chi connectivity index (χ1v) is 8.19. The van der Waals surface area contributed by atoms with E-state index in [9.17, 15) is 0 Å². The van der Waals surface area contributed by atoms with Gasteiger partial charge in [-0.05, 0) is 18.1 Å². The minimum absolute atomic E-state index is 0.0400. The van der Waals surface area contributed by atoms with Crippen molar-refractivity contribution in [3.05, 3.63) is 34.3 Å². The lowest BCUT2D eigenvalue weighted by Crippen LogP contribution is -2.12. The molecule has 1 rings (SSSR count). The summed E-state index contributed by atoms with van der Waals surface area (Å²) in [5, 5.41) is 0.763. The maximum absolute atomic E-state index is 5.83. The molecule has 0 aliphatic heterocycles. The first-order chi connectivity index (χ1) is 9.29. The summed E-state index contributed by atoms with van der Waals surface area (Å²) in [6.45, 7) is 2.65. The Balaban J connectivity index is 2.24. The van der Waals surface area contributed by atoms with Crippen molar-refractivity contribution in [2.45, 2.75) is 12.5 Å². The standard InChI is InChI=1S/C14H20Br2O3/c1-17-7-4-8-18-9-10-19-14(11-15)12-5-2-3-6-13(12)16/h2-3,5-6,14H,4,7-11H2,1H3. The highest BCUT2D eigenvalue weighted by Gasteiger charge is 2.13. The molecule has 108 valence electrons. The smallest absolute Gasteiger partial charge is 0.0933 e. The average Bonchev–Trinajstić information content (AvgIpc) is 2.43. The molecule has 0 bridgehead atoms. The number of ether oxygens (including phenoxy) is 3. The molecule has 0 saturated heterocycles. The van der Waals surface area contributed by atoms with Crippen LogP contribution in [-0.4, -0.2) is 38.9 Å². The quantitative estimate of drug-likeness (QED) is 0.443. The Kier molecular flexibility index (Phi) is 9.73. The zero-order valence-electron chi connectivity index (χ0n) is 11.1. The fourth-order valence-corrected chi connectivity index (χ4v) is 2.69. The molecule has 0 amide bonds. The topological polar surface area (TPSA) is 27.7 Å². The molecule has 0 heterocycles. The van der Waals surface area contributed by atoms with Crippen molar-refractivity contribution in [3.63, 3.8) is 0 Å². The highest BCUT2D eigenvalue weighted by Crippen LogP contribution is 2.27. The molecule has 5 heteroatoms. The third-order valence-electron chi connectivity index (χ3n) is 2.58. The minimum atomic E-state index is 0.0400. The van der Waals surface area contributed by atoms with Crippen LogP contribution in [0.2, 0.25) is 0 Å². The SMILES string of the molecule is COCCCOCCOC(CBr)c1ccccc1Br. The Bertz CT molecular complexity index is 347. The summed E-state index contributed by atoms with van der Waals surface area (Å²) in [5.41, 5.74) is 1.15. The normalized spacial score (nSPS) is 12.6. The van der Waals surface area contributed by atoms with Crippen LogP contribution in [-0.2, 0) is 14.2 Å². The van der Waals surface area contributed by atoms with Crippen molar-refractivity contribution in [2.24, 2.45) is 0 Å². The van der Waals surface area contributed by atoms with Crippen LogP contribution in [0.5, 0.6) is 0 Å². The molecule has 0 aliphatic rings. The van der Waals surface area contributed by atoms with E-state index < -0.39 is 0 Å². The Morgan fingerprint density at radius 2 is 1.89 bits per heavy atom. The second-order valence-corrected chi connectivity index (χ2v) is 5.50. The lowest BCUT2D eigenvalue weighted by atomic mass is 10.1. The summed E-state index contributed by atoms with van der Waals surface area (Å²) >= 11 is 7.03. The van der Waals surface area contributed by atoms with Crippen molar-refractivity contribution in [3.8, 4) is 0 Å². The van der Waals surface area contributed by atoms with E-state index in [4.69, 9.17) is 14.2 Å². The molecule has 0 N–H and O–H groups in total. The van der Waals surface area contributed by atoms with E-state index in [0.29, 0.717) is 19.8 Å². The second kappa shape index (κ2) is 10.8. The van der Waals surface area contributed by atoms with E-state index in [1.54, 1.807) is 7.11 Å². The van der Waals surface area contributed by atoms with Gasteiger partial charge in [-0.15, -0.1) is 0 Å². The van der Waals surface area contributed by atoms with Gasteiger partial charge in [-0.25, -0.2) is 0 Å². The maximum atomic E-state index is 5.83. The lowest BCUT2D eigenvalue weighted by molar-refractivity contribution is 0.00955. The molecule has 0 spiro atoms. The van der Waals surface area contributed by atoms with Crippen molar-refractivity contribution in [1.82, 2.24) is 0 Å². The van der Waals surface area contributed by atoms with Gasteiger partial charge in [0, 0.05) is 30.1 Å². The molecule has 1 aromatic carbocycles. The van der Waals surface area contributed by atoms with Gasteiger partial charge in [-0.3, -0.25) is 0 Å². The Morgan fingerprint density at radius 1 is 1.11 bits per heavy atom. The van der Waals surface area contributed by atoms with Crippen molar-refractivity contribution < 1.29 is 14.2 Å². The van der Waals surface area contributed by atoms with E-state index in [-0.39, 0.29) is 6.10 Å².